The lowest BCUT2D eigenvalue weighted by Gasteiger charge is -2.06. The van der Waals surface area contributed by atoms with Gasteiger partial charge in [0.15, 0.2) is 11.5 Å². The predicted octanol–water partition coefficient (Wildman–Crippen LogP) is 3.52. The fourth-order valence-electron chi connectivity index (χ4n) is 2.71. The third-order valence-corrected chi connectivity index (χ3v) is 3.93. The number of fused-ring (bicyclic) bond motifs is 1. The highest BCUT2D eigenvalue weighted by atomic mass is 16.5. The maximum atomic E-state index is 5.35. The molecule has 23 heavy (non-hydrogen) atoms. The molecular weight excluding hydrogens is 288 g/mol. The lowest BCUT2D eigenvalue weighted by molar-refractivity contribution is 0.356. The standard InChI is InChI=1S/C19H22N2O2/c1-22-18-11-15-10-16(21-17(15)12-19(18)23-2)13-20-9-8-14-6-4-3-5-7-14/h3-7,10-12,20-21H,8-9,13H2,1-2H3. The molecule has 4 heteroatoms. The summed E-state index contributed by atoms with van der Waals surface area (Å²) in [4.78, 5) is 3.42. The van der Waals surface area contributed by atoms with E-state index in [1.54, 1.807) is 14.2 Å². The highest BCUT2D eigenvalue weighted by Crippen LogP contribution is 2.32. The zero-order valence-corrected chi connectivity index (χ0v) is 13.6. The number of ether oxygens (including phenoxy) is 2. The van der Waals surface area contributed by atoms with Gasteiger partial charge in [-0.25, -0.2) is 0 Å². The molecule has 0 unspecified atom stereocenters. The summed E-state index contributed by atoms with van der Waals surface area (Å²) in [5.41, 5.74) is 3.57. The Balaban J connectivity index is 1.62. The van der Waals surface area contributed by atoms with E-state index in [4.69, 9.17) is 9.47 Å². The number of nitrogens with one attached hydrogen (secondary N) is 2. The minimum absolute atomic E-state index is 0.741. The van der Waals surface area contributed by atoms with E-state index in [1.807, 2.05) is 18.2 Å². The second-order valence-electron chi connectivity index (χ2n) is 5.50. The zero-order chi connectivity index (χ0) is 16.1. The molecule has 2 aromatic carbocycles. The van der Waals surface area contributed by atoms with E-state index in [1.165, 1.54) is 5.56 Å². The first-order chi connectivity index (χ1) is 11.3. The number of methoxy groups -OCH3 is 2. The minimum Gasteiger partial charge on any atom is -0.493 e. The highest BCUT2D eigenvalue weighted by Gasteiger charge is 2.08. The van der Waals surface area contributed by atoms with Gasteiger partial charge in [-0.05, 0) is 30.7 Å². The quantitative estimate of drug-likeness (QED) is 0.656. The molecule has 0 spiro atoms. The van der Waals surface area contributed by atoms with Crippen LogP contribution in [-0.4, -0.2) is 25.7 Å². The second-order valence-corrected chi connectivity index (χ2v) is 5.50. The Labute approximate surface area is 136 Å². The summed E-state index contributed by atoms with van der Waals surface area (Å²) in [5, 5.41) is 4.60. The first-order valence-electron chi connectivity index (χ1n) is 7.78. The molecule has 0 saturated carbocycles. The number of hydrogen-bond donors (Lipinski definition) is 2. The van der Waals surface area contributed by atoms with Gasteiger partial charge in [-0.3, -0.25) is 0 Å². The number of aromatic amines is 1. The Morgan fingerprint density at radius 3 is 2.43 bits per heavy atom. The van der Waals surface area contributed by atoms with Crippen LogP contribution in [0.15, 0.2) is 48.5 Å². The summed E-state index contributed by atoms with van der Waals surface area (Å²) in [6, 6.07) is 16.6. The summed E-state index contributed by atoms with van der Waals surface area (Å²) < 4.78 is 10.7. The Morgan fingerprint density at radius 2 is 1.70 bits per heavy atom. The third kappa shape index (κ3) is 3.66. The van der Waals surface area contributed by atoms with Crippen molar-refractivity contribution >= 4 is 10.9 Å². The lowest BCUT2D eigenvalue weighted by atomic mass is 10.1. The van der Waals surface area contributed by atoms with Crippen molar-refractivity contribution in [1.29, 1.82) is 0 Å². The monoisotopic (exact) mass is 310 g/mol. The molecule has 0 amide bonds. The van der Waals surface area contributed by atoms with Crippen LogP contribution in [0.5, 0.6) is 11.5 Å². The summed E-state index contributed by atoms with van der Waals surface area (Å²) in [6.45, 7) is 1.76. The smallest absolute Gasteiger partial charge is 0.162 e. The normalized spacial score (nSPS) is 10.9. The molecule has 0 atom stereocenters. The van der Waals surface area contributed by atoms with Crippen LogP contribution < -0.4 is 14.8 Å². The van der Waals surface area contributed by atoms with Crippen LogP contribution in [-0.2, 0) is 13.0 Å². The molecule has 2 N–H and O–H groups in total. The third-order valence-electron chi connectivity index (χ3n) is 3.93. The van der Waals surface area contributed by atoms with Crippen molar-refractivity contribution in [2.24, 2.45) is 0 Å². The SMILES string of the molecule is COc1cc2cc(CNCCc3ccccc3)[nH]c2cc1OC. The molecular formula is C19H22N2O2. The first kappa shape index (κ1) is 15.4. The molecule has 0 radical (unpaired) electrons. The van der Waals surface area contributed by atoms with E-state index in [9.17, 15) is 0 Å². The van der Waals surface area contributed by atoms with Crippen LogP contribution in [0.25, 0.3) is 10.9 Å². The van der Waals surface area contributed by atoms with E-state index >= 15 is 0 Å². The lowest BCUT2D eigenvalue weighted by Crippen LogP contribution is -2.16. The second kappa shape index (κ2) is 7.20. The van der Waals surface area contributed by atoms with Gasteiger partial charge in [0.05, 0.1) is 14.2 Å². The van der Waals surface area contributed by atoms with E-state index in [2.05, 4.69) is 40.6 Å². The van der Waals surface area contributed by atoms with E-state index in [-0.39, 0.29) is 0 Å². The van der Waals surface area contributed by atoms with Crippen LogP contribution in [0.1, 0.15) is 11.3 Å². The van der Waals surface area contributed by atoms with Gasteiger partial charge in [-0.1, -0.05) is 30.3 Å². The average molecular weight is 310 g/mol. The molecule has 0 bridgehead atoms. The van der Waals surface area contributed by atoms with Crippen molar-refractivity contribution in [3.63, 3.8) is 0 Å². The van der Waals surface area contributed by atoms with Gasteiger partial charge in [0.1, 0.15) is 0 Å². The van der Waals surface area contributed by atoms with Crippen LogP contribution in [0, 0.1) is 0 Å². The molecule has 0 aliphatic carbocycles. The van der Waals surface area contributed by atoms with Crippen molar-refractivity contribution in [2.75, 3.05) is 20.8 Å². The Bertz CT molecular complexity index is 725. The largest absolute Gasteiger partial charge is 0.493 e. The fourth-order valence-corrected chi connectivity index (χ4v) is 2.71. The number of H-pyrrole nitrogens is 1. The Morgan fingerprint density at radius 1 is 0.957 bits per heavy atom. The van der Waals surface area contributed by atoms with Gasteiger partial charge in [0.2, 0.25) is 0 Å². The van der Waals surface area contributed by atoms with Gasteiger partial charge >= 0.3 is 0 Å². The topological polar surface area (TPSA) is 46.3 Å². The molecule has 0 fully saturated rings. The number of hydrogen-bond acceptors (Lipinski definition) is 3. The van der Waals surface area contributed by atoms with Gasteiger partial charge in [-0.15, -0.1) is 0 Å². The van der Waals surface area contributed by atoms with Crippen LogP contribution >= 0.6 is 0 Å². The van der Waals surface area contributed by atoms with Crippen molar-refractivity contribution in [3.05, 3.63) is 59.8 Å². The number of benzene rings is 2. The van der Waals surface area contributed by atoms with E-state index in [0.29, 0.717) is 0 Å². The van der Waals surface area contributed by atoms with Gasteiger partial charge in [0.25, 0.3) is 0 Å². The molecule has 120 valence electrons. The molecule has 1 aromatic heterocycles. The van der Waals surface area contributed by atoms with Gasteiger partial charge < -0.3 is 19.8 Å². The average Bonchev–Trinajstić information content (AvgIpc) is 3.00. The van der Waals surface area contributed by atoms with Gasteiger partial charge in [-0.2, -0.15) is 0 Å². The molecule has 1 heterocycles. The van der Waals surface area contributed by atoms with Crippen LogP contribution in [0.2, 0.25) is 0 Å². The first-order valence-corrected chi connectivity index (χ1v) is 7.78. The van der Waals surface area contributed by atoms with Gasteiger partial charge in [0, 0.05) is 29.2 Å². The predicted molar refractivity (Wildman–Crippen MR) is 93.3 cm³/mol. The van der Waals surface area contributed by atoms with Crippen molar-refractivity contribution in [1.82, 2.24) is 10.3 Å². The maximum absolute atomic E-state index is 5.35. The minimum atomic E-state index is 0.741. The molecule has 3 rings (SSSR count). The maximum Gasteiger partial charge on any atom is 0.162 e. The number of aromatic nitrogens is 1. The van der Waals surface area contributed by atoms with Crippen molar-refractivity contribution < 1.29 is 9.47 Å². The summed E-state index contributed by atoms with van der Waals surface area (Å²) in [6.07, 6.45) is 1.03. The van der Waals surface area contributed by atoms with Crippen LogP contribution in [0.4, 0.5) is 0 Å². The summed E-state index contributed by atoms with van der Waals surface area (Å²) in [7, 11) is 3.31. The Kier molecular flexibility index (Phi) is 4.83. The molecule has 3 aromatic rings. The summed E-state index contributed by atoms with van der Waals surface area (Å²) in [5.74, 6) is 1.49. The summed E-state index contributed by atoms with van der Waals surface area (Å²) >= 11 is 0. The van der Waals surface area contributed by atoms with Crippen molar-refractivity contribution in [2.45, 2.75) is 13.0 Å². The molecule has 0 aliphatic heterocycles. The molecule has 0 aliphatic rings. The van der Waals surface area contributed by atoms with E-state index in [0.717, 1.165) is 47.6 Å². The van der Waals surface area contributed by atoms with E-state index < -0.39 is 0 Å². The van der Waals surface area contributed by atoms with Crippen LogP contribution in [0.3, 0.4) is 0 Å². The molecule has 0 saturated heterocycles. The fraction of sp³-hybridized carbons (Fsp3) is 0.263. The number of rotatable bonds is 7. The highest BCUT2D eigenvalue weighted by molar-refractivity contribution is 5.84. The van der Waals surface area contributed by atoms with Crippen molar-refractivity contribution in [3.8, 4) is 11.5 Å². The Hall–Kier alpha value is -2.46. The molecule has 4 nitrogen and oxygen atoms in total. The zero-order valence-electron chi connectivity index (χ0n) is 13.6.